The van der Waals surface area contributed by atoms with Crippen LogP contribution in [0.15, 0.2) is 18.2 Å². The number of rotatable bonds is 3. The van der Waals surface area contributed by atoms with Crippen LogP contribution in [0.25, 0.3) is 0 Å². The van der Waals surface area contributed by atoms with Gasteiger partial charge in [-0.2, -0.15) is 0 Å². The molecule has 3 aliphatic heterocycles. The van der Waals surface area contributed by atoms with Gasteiger partial charge in [-0.15, -0.1) is 0 Å². The molecule has 23 heavy (non-hydrogen) atoms. The molecule has 1 N–H and O–H groups in total. The van der Waals surface area contributed by atoms with Gasteiger partial charge in [0.1, 0.15) is 0 Å². The Bertz CT molecular complexity index is 563. The second kappa shape index (κ2) is 6.10. The molecule has 0 aliphatic carbocycles. The molecule has 0 amide bonds. The lowest BCUT2D eigenvalue weighted by molar-refractivity contribution is 0.0445. The van der Waals surface area contributed by atoms with E-state index in [1.807, 2.05) is 0 Å². The highest BCUT2D eigenvalue weighted by molar-refractivity contribution is 5.61. The lowest BCUT2D eigenvalue weighted by Crippen LogP contribution is -2.46. The van der Waals surface area contributed by atoms with Crippen molar-refractivity contribution in [1.29, 1.82) is 0 Å². The lowest BCUT2D eigenvalue weighted by atomic mass is 9.74. The molecule has 1 aromatic rings. The zero-order valence-corrected chi connectivity index (χ0v) is 14.6. The second-order valence-corrected chi connectivity index (χ2v) is 8.01. The molecule has 2 atom stereocenters. The zero-order chi connectivity index (χ0) is 15.9. The van der Waals surface area contributed by atoms with Gasteiger partial charge in [-0.25, -0.2) is 0 Å². The maximum atomic E-state index is 5.87. The molecule has 3 heteroatoms. The first-order chi connectivity index (χ1) is 11.2. The van der Waals surface area contributed by atoms with Crippen LogP contribution in [-0.2, 0) is 10.2 Å². The standard InChI is InChI=1S/C20H30N2O.H2/c1-15-5-6-18-17(12-15)20(14-21-18)7-9-22(10-8-20)13-16(2)19-4-3-11-23-19;/h5-6,12,16,19,21H,3-4,7-11,13-14H2,1-2H3;1H. The molecule has 0 bridgehead atoms. The van der Waals surface area contributed by atoms with Gasteiger partial charge in [-0.05, 0) is 63.2 Å². The van der Waals surface area contributed by atoms with Crippen LogP contribution in [0, 0.1) is 12.8 Å². The number of likely N-dealkylation sites (tertiary alicyclic amines) is 1. The van der Waals surface area contributed by atoms with Crippen molar-refractivity contribution in [3.8, 4) is 0 Å². The fourth-order valence-electron chi connectivity index (χ4n) is 4.80. The van der Waals surface area contributed by atoms with Crippen LogP contribution in [0.4, 0.5) is 5.69 Å². The Morgan fingerprint density at radius 3 is 2.96 bits per heavy atom. The van der Waals surface area contributed by atoms with Crippen LogP contribution >= 0.6 is 0 Å². The fraction of sp³-hybridized carbons (Fsp3) is 0.700. The third kappa shape index (κ3) is 2.89. The molecule has 2 saturated heterocycles. The highest BCUT2D eigenvalue weighted by Gasteiger charge is 2.41. The van der Waals surface area contributed by atoms with E-state index in [1.165, 1.54) is 56.6 Å². The Kier molecular flexibility index (Phi) is 4.10. The summed E-state index contributed by atoms with van der Waals surface area (Å²) < 4.78 is 5.87. The number of aryl methyl sites for hydroxylation is 1. The van der Waals surface area contributed by atoms with E-state index in [2.05, 4.69) is 42.3 Å². The monoisotopic (exact) mass is 316 g/mol. The predicted molar refractivity (Wildman–Crippen MR) is 97.3 cm³/mol. The van der Waals surface area contributed by atoms with E-state index in [0.717, 1.165) is 13.2 Å². The molecule has 1 spiro atoms. The van der Waals surface area contributed by atoms with Crippen LogP contribution in [0.2, 0.25) is 0 Å². The number of hydrogen-bond donors (Lipinski definition) is 1. The molecule has 4 rings (SSSR count). The van der Waals surface area contributed by atoms with Crippen molar-refractivity contribution in [3.63, 3.8) is 0 Å². The summed E-state index contributed by atoms with van der Waals surface area (Å²) in [6.07, 6.45) is 5.58. The number of ether oxygens (including phenoxy) is 1. The molecule has 3 nitrogen and oxygen atoms in total. The van der Waals surface area contributed by atoms with Crippen LogP contribution in [0.5, 0.6) is 0 Å². The molecule has 3 aliphatic rings. The Morgan fingerprint density at radius 1 is 1.39 bits per heavy atom. The largest absolute Gasteiger partial charge is 0.384 e. The SMILES string of the molecule is Cc1ccc2c(c1)C1(CCN(CC(C)C3CCCO3)CC1)CN2.[HH]. The van der Waals surface area contributed by atoms with E-state index in [-0.39, 0.29) is 1.43 Å². The number of hydrogen-bond acceptors (Lipinski definition) is 3. The Labute approximate surface area is 141 Å². The lowest BCUT2D eigenvalue weighted by Gasteiger charge is -2.40. The zero-order valence-electron chi connectivity index (χ0n) is 14.6. The van der Waals surface area contributed by atoms with Crippen LogP contribution in [-0.4, -0.2) is 43.8 Å². The van der Waals surface area contributed by atoms with Gasteiger partial charge in [0.2, 0.25) is 0 Å². The number of benzene rings is 1. The first-order valence-corrected chi connectivity index (χ1v) is 9.35. The van der Waals surface area contributed by atoms with Gasteiger partial charge >= 0.3 is 0 Å². The number of anilines is 1. The fourth-order valence-corrected chi connectivity index (χ4v) is 4.80. The van der Waals surface area contributed by atoms with Gasteiger partial charge in [0.15, 0.2) is 0 Å². The van der Waals surface area contributed by atoms with Crippen molar-refractivity contribution in [2.75, 3.05) is 38.1 Å². The third-order valence-electron chi connectivity index (χ3n) is 6.32. The molecule has 0 radical (unpaired) electrons. The summed E-state index contributed by atoms with van der Waals surface area (Å²) in [5.74, 6) is 0.669. The summed E-state index contributed by atoms with van der Waals surface area (Å²) in [5.41, 5.74) is 4.72. The Morgan fingerprint density at radius 2 is 2.22 bits per heavy atom. The minimum absolute atomic E-state index is 0. The van der Waals surface area contributed by atoms with E-state index in [4.69, 9.17) is 4.74 Å². The van der Waals surface area contributed by atoms with Crippen molar-refractivity contribution in [2.45, 2.75) is 51.0 Å². The summed E-state index contributed by atoms with van der Waals surface area (Å²) in [5, 5.41) is 3.65. The van der Waals surface area contributed by atoms with E-state index >= 15 is 0 Å². The molecule has 2 fully saturated rings. The highest BCUT2D eigenvalue weighted by Crippen LogP contribution is 2.44. The van der Waals surface area contributed by atoms with E-state index < -0.39 is 0 Å². The Balaban J connectivity index is 0.00000169. The molecule has 128 valence electrons. The normalized spacial score (nSPS) is 27.8. The first kappa shape index (κ1) is 15.5. The first-order valence-electron chi connectivity index (χ1n) is 9.35. The maximum absolute atomic E-state index is 5.87. The van der Waals surface area contributed by atoms with E-state index in [9.17, 15) is 0 Å². The smallest absolute Gasteiger partial charge is 0.0613 e. The highest BCUT2D eigenvalue weighted by atomic mass is 16.5. The quantitative estimate of drug-likeness (QED) is 0.917. The average molecular weight is 316 g/mol. The van der Waals surface area contributed by atoms with Gasteiger partial charge in [-0.1, -0.05) is 24.6 Å². The third-order valence-corrected chi connectivity index (χ3v) is 6.32. The summed E-state index contributed by atoms with van der Waals surface area (Å²) in [6, 6.07) is 6.91. The maximum Gasteiger partial charge on any atom is 0.0613 e. The van der Waals surface area contributed by atoms with Crippen LogP contribution < -0.4 is 5.32 Å². The van der Waals surface area contributed by atoms with E-state index in [1.54, 1.807) is 5.56 Å². The molecule has 1 aromatic carbocycles. The van der Waals surface area contributed by atoms with Crippen molar-refractivity contribution in [2.24, 2.45) is 5.92 Å². The second-order valence-electron chi connectivity index (χ2n) is 8.01. The van der Waals surface area contributed by atoms with Crippen molar-refractivity contribution in [1.82, 2.24) is 4.90 Å². The predicted octanol–water partition coefficient (Wildman–Crippen LogP) is 3.82. The summed E-state index contributed by atoms with van der Waals surface area (Å²) >= 11 is 0. The summed E-state index contributed by atoms with van der Waals surface area (Å²) in [4.78, 5) is 2.67. The van der Waals surface area contributed by atoms with Gasteiger partial charge in [0.25, 0.3) is 0 Å². The molecule has 0 saturated carbocycles. The van der Waals surface area contributed by atoms with Crippen molar-refractivity contribution < 1.29 is 6.16 Å². The van der Waals surface area contributed by atoms with Gasteiger partial charge < -0.3 is 15.0 Å². The number of fused-ring (bicyclic) bond motifs is 2. The van der Waals surface area contributed by atoms with Crippen molar-refractivity contribution in [3.05, 3.63) is 29.3 Å². The van der Waals surface area contributed by atoms with Gasteiger partial charge in [0, 0.05) is 32.2 Å². The molecule has 0 aromatic heterocycles. The Hall–Kier alpha value is -1.06. The van der Waals surface area contributed by atoms with Gasteiger partial charge in [0.05, 0.1) is 6.10 Å². The minimum atomic E-state index is 0. The molecular weight excluding hydrogens is 284 g/mol. The van der Waals surface area contributed by atoms with Gasteiger partial charge in [-0.3, -0.25) is 0 Å². The van der Waals surface area contributed by atoms with E-state index in [0.29, 0.717) is 17.4 Å². The minimum Gasteiger partial charge on any atom is -0.384 e. The average Bonchev–Trinajstić information content (AvgIpc) is 3.20. The summed E-state index contributed by atoms with van der Waals surface area (Å²) in [7, 11) is 0. The topological polar surface area (TPSA) is 24.5 Å². The number of piperidine rings is 1. The van der Waals surface area contributed by atoms with Crippen molar-refractivity contribution >= 4 is 5.69 Å². The van der Waals surface area contributed by atoms with Crippen LogP contribution in [0.1, 0.15) is 45.2 Å². The van der Waals surface area contributed by atoms with Crippen LogP contribution in [0.3, 0.4) is 0 Å². The molecular formula is C20H32N2O. The number of nitrogens with zero attached hydrogens (tertiary/aromatic N) is 1. The molecule has 3 heterocycles. The number of nitrogens with one attached hydrogen (secondary N) is 1. The molecule has 2 unspecified atom stereocenters. The summed E-state index contributed by atoms with van der Waals surface area (Å²) in [6.45, 7) is 10.3.